The van der Waals surface area contributed by atoms with Crippen LogP contribution >= 0.6 is 11.6 Å². The number of nitrogens with two attached hydrogens (primary N) is 1. The van der Waals surface area contributed by atoms with E-state index in [2.05, 4.69) is 9.98 Å². The van der Waals surface area contributed by atoms with Gasteiger partial charge in [0.15, 0.2) is 0 Å². The average molecular weight is 470 g/mol. The van der Waals surface area contributed by atoms with E-state index in [4.69, 9.17) is 17.3 Å². The van der Waals surface area contributed by atoms with Gasteiger partial charge in [0.25, 0.3) is 0 Å². The van der Waals surface area contributed by atoms with Crippen molar-refractivity contribution in [3.05, 3.63) is 89.6 Å². The second-order valence-electron chi connectivity index (χ2n) is 7.75. The molecule has 2 N–H and O–H groups in total. The minimum atomic E-state index is -4.62. The number of rotatable bonds is 4. The van der Waals surface area contributed by atoms with Crippen molar-refractivity contribution in [2.45, 2.75) is 24.6 Å². The van der Waals surface area contributed by atoms with Crippen molar-refractivity contribution in [3.63, 3.8) is 0 Å². The van der Waals surface area contributed by atoms with Crippen LogP contribution in [-0.2, 0) is 10.2 Å². The Balaban J connectivity index is 1.76. The molecule has 8 heteroatoms. The molecule has 0 aliphatic carbocycles. The van der Waals surface area contributed by atoms with Crippen LogP contribution in [0.3, 0.4) is 0 Å². The van der Waals surface area contributed by atoms with Crippen molar-refractivity contribution >= 4 is 23.2 Å². The van der Waals surface area contributed by atoms with E-state index in [1.54, 1.807) is 30.5 Å². The van der Waals surface area contributed by atoms with Gasteiger partial charge >= 0.3 is 6.18 Å². The van der Waals surface area contributed by atoms with Crippen LogP contribution < -0.4 is 5.73 Å². The molecular formula is C25H19ClF3N3O. The highest BCUT2D eigenvalue weighted by molar-refractivity contribution is 6.33. The highest BCUT2D eigenvalue weighted by atomic mass is 35.5. The number of primary amides is 1. The molecular weight excluding hydrogens is 451 g/mol. The zero-order chi connectivity index (χ0) is 23.8. The maximum atomic E-state index is 13.1. The fourth-order valence-corrected chi connectivity index (χ4v) is 4.19. The molecule has 0 radical (unpaired) electrons. The van der Waals surface area contributed by atoms with E-state index in [1.165, 1.54) is 13.0 Å². The highest BCUT2D eigenvalue weighted by Gasteiger charge is 2.47. The van der Waals surface area contributed by atoms with Gasteiger partial charge in [-0.2, -0.15) is 13.2 Å². The molecule has 0 saturated carbocycles. The van der Waals surface area contributed by atoms with Crippen LogP contribution in [0.4, 0.5) is 13.2 Å². The quantitative estimate of drug-likeness (QED) is 0.528. The summed E-state index contributed by atoms with van der Waals surface area (Å²) in [6.45, 7) is 1.43. The largest absolute Gasteiger partial charge is 0.432 e. The second kappa shape index (κ2) is 8.48. The summed E-state index contributed by atoms with van der Waals surface area (Å²) in [5.74, 6) is -0.808. The Morgan fingerprint density at radius 1 is 1.06 bits per heavy atom. The zero-order valence-corrected chi connectivity index (χ0v) is 18.2. The number of aromatic nitrogens is 1. The Labute approximate surface area is 193 Å². The van der Waals surface area contributed by atoms with Crippen molar-refractivity contribution in [2.24, 2.45) is 10.7 Å². The number of aliphatic imine (C=N–C) groups is 1. The highest BCUT2D eigenvalue weighted by Crippen LogP contribution is 2.39. The monoisotopic (exact) mass is 469 g/mol. The molecule has 168 valence electrons. The van der Waals surface area contributed by atoms with Crippen molar-refractivity contribution in [3.8, 4) is 22.4 Å². The summed E-state index contributed by atoms with van der Waals surface area (Å²) in [5.41, 5.74) is 6.47. The Hall–Kier alpha value is -3.45. The summed E-state index contributed by atoms with van der Waals surface area (Å²) < 4.78 is 39.4. The van der Waals surface area contributed by atoms with Gasteiger partial charge in [-0.1, -0.05) is 60.1 Å². The van der Waals surface area contributed by atoms with Crippen molar-refractivity contribution in [2.75, 3.05) is 0 Å². The minimum absolute atomic E-state index is 0.380. The molecule has 1 aliphatic heterocycles. The predicted molar refractivity (Wildman–Crippen MR) is 123 cm³/mol. The molecule has 1 amide bonds. The van der Waals surface area contributed by atoms with E-state index in [0.29, 0.717) is 21.8 Å². The van der Waals surface area contributed by atoms with Gasteiger partial charge in [-0.3, -0.25) is 14.8 Å². The van der Waals surface area contributed by atoms with Crippen LogP contribution in [0.25, 0.3) is 22.4 Å². The van der Waals surface area contributed by atoms with Gasteiger partial charge in [0.1, 0.15) is 11.1 Å². The summed E-state index contributed by atoms with van der Waals surface area (Å²) in [6.07, 6.45) is -0.939. The number of nitrogens with zero attached hydrogens (tertiary/aromatic N) is 2. The number of alkyl halides is 3. The van der Waals surface area contributed by atoms with Crippen LogP contribution in [0.5, 0.6) is 0 Å². The minimum Gasteiger partial charge on any atom is -0.369 e. The molecule has 3 aromatic rings. The number of pyridine rings is 1. The lowest BCUT2D eigenvalue weighted by atomic mass is 9.72. The average Bonchev–Trinajstić information content (AvgIpc) is 2.79. The molecule has 33 heavy (non-hydrogen) atoms. The molecule has 0 bridgehead atoms. The maximum absolute atomic E-state index is 13.1. The SMILES string of the molecule is CC1N=C(C(F)(F)F)C=CC1(C(N)=O)c1ccc(Cl)c(-c2ccc(-c3ccccc3)cn2)c1. The first-order valence-electron chi connectivity index (χ1n) is 10.1. The number of amides is 1. The van der Waals surface area contributed by atoms with E-state index in [1.807, 2.05) is 36.4 Å². The molecule has 1 aromatic heterocycles. The Kier molecular flexibility index (Phi) is 5.84. The van der Waals surface area contributed by atoms with Gasteiger partial charge in [0.2, 0.25) is 5.91 Å². The molecule has 1 aliphatic rings. The third-order valence-corrected chi connectivity index (χ3v) is 6.11. The topological polar surface area (TPSA) is 68.3 Å². The molecule has 4 rings (SSSR count). The fraction of sp³-hybridized carbons (Fsp3) is 0.160. The smallest absolute Gasteiger partial charge is 0.369 e. The number of allylic oxidation sites excluding steroid dienone is 1. The first kappa shape index (κ1) is 22.7. The molecule has 0 saturated heterocycles. The van der Waals surface area contributed by atoms with Gasteiger partial charge in [0, 0.05) is 22.3 Å². The number of carbonyl (C=O) groups is 1. The van der Waals surface area contributed by atoms with Crippen LogP contribution in [0, 0.1) is 0 Å². The second-order valence-corrected chi connectivity index (χ2v) is 8.15. The fourth-order valence-electron chi connectivity index (χ4n) is 3.97. The van der Waals surface area contributed by atoms with Gasteiger partial charge in [-0.05, 0) is 42.3 Å². The summed E-state index contributed by atoms with van der Waals surface area (Å²) >= 11 is 6.42. The van der Waals surface area contributed by atoms with Crippen molar-refractivity contribution in [1.29, 1.82) is 0 Å². The van der Waals surface area contributed by atoms with Gasteiger partial charge in [-0.25, -0.2) is 0 Å². The Morgan fingerprint density at radius 2 is 1.79 bits per heavy atom. The van der Waals surface area contributed by atoms with Crippen LogP contribution in [-0.4, -0.2) is 28.8 Å². The van der Waals surface area contributed by atoms with Gasteiger partial charge < -0.3 is 5.73 Å². The van der Waals surface area contributed by atoms with Crippen molar-refractivity contribution in [1.82, 2.24) is 4.98 Å². The number of hydrogen-bond donors (Lipinski definition) is 1. The summed E-state index contributed by atoms with van der Waals surface area (Å²) in [6, 6.07) is 17.1. The number of halogens is 4. The van der Waals surface area contributed by atoms with E-state index in [0.717, 1.165) is 17.2 Å². The number of benzene rings is 2. The zero-order valence-electron chi connectivity index (χ0n) is 17.5. The van der Waals surface area contributed by atoms with E-state index in [-0.39, 0.29) is 0 Å². The standard InChI is InChI=1S/C25H19ClF3N3O/c1-15-24(23(30)33,12-11-22(32-15)25(27,28)29)18-8-9-20(26)19(13-18)21-10-7-17(14-31-21)16-5-3-2-4-6-16/h2-15H,1H3,(H2,30,33). The van der Waals surface area contributed by atoms with Crippen LogP contribution in [0.2, 0.25) is 5.02 Å². The third-order valence-electron chi connectivity index (χ3n) is 5.78. The number of dihydropyridines is 1. The van der Waals surface area contributed by atoms with E-state index >= 15 is 0 Å². The number of hydrogen-bond acceptors (Lipinski definition) is 3. The molecule has 0 fully saturated rings. The summed E-state index contributed by atoms with van der Waals surface area (Å²) in [7, 11) is 0. The molecule has 2 atom stereocenters. The van der Waals surface area contributed by atoms with E-state index in [9.17, 15) is 18.0 Å². The molecule has 4 nitrogen and oxygen atoms in total. The van der Waals surface area contributed by atoms with E-state index < -0.39 is 29.3 Å². The lowest BCUT2D eigenvalue weighted by molar-refractivity contribution is -0.122. The molecule has 2 heterocycles. The normalized spacial score (nSPS) is 20.4. The maximum Gasteiger partial charge on any atom is 0.432 e. The lowest BCUT2D eigenvalue weighted by Crippen LogP contribution is -2.49. The predicted octanol–water partition coefficient (Wildman–Crippen LogP) is 5.75. The molecule has 0 spiro atoms. The van der Waals surface area contributed by atoms with Gasteiger partial charge in [-0.15, -0.1) is 0 Å². The first-order chi connectivity index (χ1) is 15.6. The summed E-state index contributed by atoms with van der Waals surface area (Å²) in [4.78, 5) is 20.8. The van der Waals surface area contributed by atoms with Gasteiger partial charge in [0.05, 0.1) is 11.7 Å². The Bertz CT molecular complexity index is 1250. The third kappa shape index (κ3) is 4.16. The molecule has 2 unspecified atom stereocenters. The lowest BCUT2D eigenvalue weighted by Gasteiger charge is -2.35. The van der Waals surface area contributed by atoms with Crippen LogP contribution in [0.15, 0.2) is 84.0 Å². The Morgan fingerprint density at radius 3 is 2.36 bits per heavy atom. The van der Waals surface area contributed by atoms with Crippen molar-refractivity contribution < 1.29 is 18.0 Å². The van der Waals surface area contributed by atoms with Crippen LogP contribution in [0.1, 0.15) is 12.5 Å². The number of carbonyl (C=O) groups excluding carboxylic acids is 1. The first-order valence-corrected chi connectivity index (χ1v) is 10.5. The molecule has 2 aromatic carbocycles. The summed E-state index contributed by atoms with van der Waals surface area (Å²) in [5, 5.41) is 0.380.